The van der Waals surface area contributed by atoms with E-state index in [9.17, 15) is 14.4 Å². The van der Waals surface area contributed by atoms with Crippen molar-refractivity contribution in [2.45, 2.75) is 25.6 Å². The highest BCUT2D eigenvalue weighted by Crippen LogP contribution is 2.29. The minimum atomic E-state index is -1.09. The molecule has 0 saturated heterocycles. The second-order valence-electron chi connectivity index (χ2n) is 6.11. The number of nitrogens with zero attached hydrogens (tertiary/aromatic N) is 1. The van der Waals surface area contributed by atoms with Crippen LogP contribution in [0.5, 0.6) is 5.75 Å². The Morgan fingerprint density at radius 3 is 2.86 bits per heavy atom. The summed E-state index contributed by atoms with van der Waals surface area (Å²) >= 11 is 0. The van der Waals surface area contributed by atoms with Gasteiger partial charge in [-0.3, -0.25) is 14.4 Å². The molecule has 1 aliphatic rings. The molecular formula is C20H17N3O5. The average molecular weight is 379 g/mol. The van der Waals surface area contributed by atoms with Crippen LogP contribution < -0.4 is 15.4 Å². The monoisotopic (exact) mass is 379 g/mol. The van der Waals surface area contributed by atoms with Crippen LogP contribution in [-0.4, -0.2) is 30.0 Å². The Kier molecular flexibility index (Phi) is 5.56. The first-order chi connectivity index (χ1) is 13.5. The molecular weight excluding hydrogens is 362 g/mol. The van der Waals surface area contributed by atoms with Gasteiger partial charge in [0.1, 0.15) is 5.75 Å². The average Bonchev–Trinajstić information content (AvgIpc) is 2.68. The van der Waals surface area contributed by atoms with Gasteiger partial charge in [0.2, 0.25) is 0 Å². The lowest BCUT2D eigenvalue weighted by molar-refractivity contribution is -0.155. The third kappa shape index (κ3) is 4.45. The van der Waals surface area contributed by atoms with Crippen molar-refractivity contribution in [2.75, 3.05) is 10.6 Å². The molecule has 0 saturated carbocycles. The number of nitriles is 1. The zero-order chi connectivity index (χ0) is 20.1. The number of hydrogen-bond acceptors (Lipinski definition) is 6. The van der Waals surface area contributed by atoms with Crippen LogP contribution >= 0.6 is 0 Å². The Bertz CT molecular complexity index is 966. The highest BCUT2D eigenvalue weighted by molar-refractivity contribution is 6.00. The van der Waals surface area contributed by atoms with E-state index >= 15 is 0 Å². The first-order valence-electron chi connectivity index (χ1n) is 8.53. The quantitative estimate of drug-likeness (QED) is 0.769. The van der Waals surface area contributed by atoms with Gasteiger partial charge < -0.3 is 20.1 Å². The summed E-state index contributed by atoms with van der Waals surface area (Å²) in [7, 11) is 0. The molecule has 2 unspecified atom stereocenters. The number of carbonyl (C=O) groups is 3. The SMILES string of the molecule is CC(OC(=O)CC1Oc2ccccc2NC1=O)C(=O)Nc1cccc(C#N)c1. The van der Waals surface area contributed by atoms with Crippen LogP contribution in [0.25, 0.3) is 0 Å². The highest BCUT2D eigenvalue weighted by Gasteiger charge is 2.31. The summed E-state index contributed by atoms with van der Waals surface area (Å²) < 4.78 is 10.6. The van der Waals surface area contributed by atoms with Gasteiger partial charge in [-0.15, -0.1) is 0 Å². The zero-order valence-electron chi connectivity index (χ0n) is 15.0. The van der Waals surface area contributed by atoms with E-state index in [2.05, 4.69) is 10.6 Å². The van der Waals surface area contributed by atoms with Crippen molar-refractivity contribution in [2.24, 2.45) is 0 Å². The van der Waals surface area contributed by atoms with E-state index in [1.165, 1.54) is 13.0 Å². The molecule has 3 rings (SSSR count). The number of benzene rings is 2. The molecule has 8 heteroatoms. The molecule has 2 amide bonds. The second-order valence-corrected chi connectivity index (χ2v) is 6.11. The number of carbonyl (C=O) groups excluding carboxylic acids is 3. The molecule has 0 spiro atoms. The number of hydrogen-bond donors (Lipinski definition) is 2. The van der Waals surface area contributed by atoms with Crippen LogP contribution in [0.2, 0.25) is 0 Å². The van der Waals surface area contributed by atoms with Crippen molar-refractivity contribution in [3.05, 3.63) is 54.1 Å². The smallest absolute Gasteiger partial charge is 0.310 e. The molecule has 2 atom stereocenters. The van der Waals surface area contributed by atoms with E-state index in [1.54, 1.807) is 42.5 Å². The van der Waals surface area contributed by atoms with E-state index < -0.39 is 30.0 Å². The van der Waals surface area contributed by atoms with Gasteiger partial charge in [-0.25, -0.2) is 0 Å². The van der Waals surface area contributed by atoms with E-state index in [-0.39, 0.29) is 6.42 Å². The number of amides is 2. The summed E-state index contributed by atoms with van der Waals surface area (Å²) in [5.74, 6) is -1.29. The van der Waals surface area contributed by atoms with Gasteiger partial charge in [-0.05, 0) is 37.3 Å². The summed E-state index contributed by atoms with van der Waals surface area (Å²) in [4.78, 5) is 36.4. The van der Waals surface area contributed by atoms with Crippen molar-refractivity contribution < 1.29 is 23.9 Å². The molecule has 0 fully saturated rings. The minimum Gasteiger partial charge on any atom is -0.478 e. The summed E-state index contributed by atoms with van der Waals surface area (Å²) in [6.45, 7) is 1.42. The molecule has 2 aromatic carbocycles. The Hall–Kier alpha value is -3.86. The van der Waals surface area contributed by atoms with E-state index in [4.69, 9.17) is 14.7 Å². The Morgan fingerprint density at radius 2 is 2.07 bits per heavy atom. The normalized spacial score (nSPS) is 15.9. The number of esters is 1. The van der Waals surface area contributed by atoms with Crippen molar-refractivity contribution in [3.63, 3.8) is 0 Å². The van der Waals surface area contributed by atoms with E-state index in [0.29, 0.717) is 22.7 Å². The second kappa shape index (κ2) is 8.22. The highest BCUT2D eigenvalue weighted by atomic mass is 16.6. The fourth-order valence-electron chi connectivity index (χ4n) is 2.59. The molecule has 142 valence electrons. The van der Waals surface area contributed by atoms with Gasteiger partial charge in [-0.2, -0.15) is 5.26 Å². The molecule has 2 aromatic rings. The zero-order valence-corrected chi connectivity index (χ0v) is 15.0. The topological polar surface area (TPSA) is 118 Å². The summed E-state index contributed by atoms with van der Waals surface area (Å²) in [6.07, 6.45) is -2.45. The maximum absolute atomic E-state index is 12.2. The van der Waals surface area contributed by atoms with Crippen LogP contribution in [0, 0.1) is 11.3 Å². The number of anilines is 2. The van der Waals surface area contributed by atoms with Crippen LogP contribution in [0.3, 0.4) is 0 Å². The third-order valence-corrected chi connectivity index (χ3v) is 4.00. The van der Waals surface area contributed by atoms with Crippen molar-refractivity contribution in [1.82, 2.24) is 0 Å². The molecule has 0 aromatic heterocycles. The van der Waals surface area contributed by atoms with Crippen LogP contribution in [0.1, 0.15) is 18.9 Å². The van der Waals surface area contributed by atoms with Gasteiger partial charge in [0.05, 0.1) is 23.7 Å². The largest absolute Gasteiger partial charge is 0.478 e. The standard InChI is InChI=1S/C20H17N3O5/c1-12(19(25)22-14-6-4-5-13(9-14)11-21)27-18(24)10-17-20(26)23-15-7-2-3-8-16(15)28-17/h2-9,12,17H,10H2,1H3,(H,22,25)(H,23,26). The summed E-state index contributed by atoms with van der Waals surface area (Å²) in [6, 6.07) is 15.2. The number of nitrogens with one attached hydrogen (secondary N) is 2. The van der Waals surface area contributed by atoms with Gasteiger partial charge in [0.25, 0.3) is 11.8 Å². The predicted octanol–water partition coefficient (Wildman–Crippen LogP) is 2.22. The number of rotatable bonds is 5. The molecule has 8 nitrogen and oxygen atoms in total. The molecule has 1 aliphatic heterocycles. The lowest BCUT2D eigenvalue weighted by Crippen LogP contribution is -2.40. The van der Waals surface area contributed by atoms with Gasteiger partial charge in [0.15, 0.2) is 12.2 Å². The number of para-hydroxylation sites is 2. The first kappa shape index (κ1) is 18.9. The first-order valence-corrected chi connectivity index (χ1v) is 8.53. The van der Waals surface area contributed by atoms with Crippen LogP contribution in [-0.2, 0) is 19.1 Å². The summed E-state index contributed by atoms with van der Waals surface area (Å²) in [5, 5.41) is 14.1. The lowest BCUT2D eigenvalue weighted by Gasteiger charge is -2.25. The fourth-order valence-corrected chi connectivity index (χ4v) is 2.59. The molecule has 1 heterocycles. The maximum Gasteiger partial charge on any atom is 0.310 e. The predicted molar refractivity (Wildman–Crippen MR) is 99.4 cm³/mol. The van der Waals surface area contributed by atoms with E-state index in [1.807, 2.05) is 6.07 Å². The van der Waals surface area contributed by atoms with E-state index in [0.717, 1.165) is 0 Å². The maximum atomic E-state index is 12.2. The fraction of sp³-hybridized carbons (Fsp3) is 0.200. The Morgan fingerprint density at radius 1 is 1.29 bits per heavy atom. The molecule has 0 radical (unpaired) electrons. The van der Waals surface area contributed by atoms with Gasteiger partial charge >= 0.3 is 5.97 Å². The van der Waals surface area contributed by atoms with Crippen molar-refractivity contribution >= 4 is 29.2 Å². The Balaban J connectivity index is 1.55. The third-order valence-electron chi connectivity index (χ3n) is 4.00. The molecule has 0 bridgehead atoms. The van der Waals surface area contributed by atoms with Gasteiger partial charge in [-0.1, -0.05) is 18.2 Å². The molecule has 2 N–H and O–H groups in total. The Labute approximate surface area is 161 Å². The molecule has 0 aliphatic carbocycles. The van der Waals surface area contributed by atoms with Crippen LogP contribution in [0.4, 0.5) is 11.4 Å². The van der Waals surface area contributed by atoms with Crippen molar-refractivity contribution in [3.8, 4) is 11.8 Å². The van der Waals surface area contributed by atoms with Crippen LogP contribution in [0.15, 0.2) is 48.5 Å². The van der Waals surface area contributed by atoms with Crippen molar-refractivity contribution in [1.29, 1.82) is 5.26 Å². The minimum absolute atomic E-state index is 0.332. The summed E-state index contributed by atoms with van der Waals surface area (Å²) in [5.41, 5.74) is 1.34. The lowest BCUT2D eigenvalue weighted by atomic mass is 10.1. The molecule has 28 heavy (non-hydrogen) atoms. The number of ether oxygens (including phenoxy) is 2. The number of fused-ring (bicyclic) bond motifs is 1. The van der Waals surface area contributed by atoms with Gasteiger partial charge in [0, 0.05) is 5.69 Å².